The molecule has 1 saturated carbocycles. The number of hydrogen-bond donors (Lipinski definition) is 1. The Bertz CT molecular complexity index is 431. The molecule has 1 aromatic rings. The molecule has 0 spiro atoms. The molecule has 2 rings (SSSR count). The molecule has 0 heterocycles. The fraction of sp³-hybridized carbons (Fsp3) is 0.625. The molecule has 1 N–H and O–H groups in total. The maximum absolute atomic E-state index is 5.79. The summed E-state index contributed by atoms with van der Waals surface area (Å²) in [6, 6.07) is 6.24. The molecule has 1 atom stereocenters. The third-order valence-electron chi connectivity index (χ3n) is 3.91. The highest BCUT2D eigenvalue weighted by Gasteiger charge is 2.44. The lowest BCUT2D eigenvalue weighted by atomic mass is 10.1. The smallest absolute Gasteiger partial charge is 0.123 e. The molecule has 0 radical (unpaired) electrons. The van der Waals surface area contributed by atoms with Gasteiger partial charge in [-0.25, -0.2) is 0 Å². The molecular formula is C16H24BrNO. The molecule has 1 unspecified atom stereocenters. The monoisotopic (exact) mass is 325 g/mol. The molecule has 106 valence electrons. The van der Waals surface area contributed by atoms with E-state index in [1.807, 2.05) is 6.07 Å². The van der Waals surface area contributed by atoms with E-state index in [1.54, 1.807) is 0 Å². The van der Waals surface area contributed by atoms with Crippen LogP contribution in [0.15, 0.2) is 22.7 Å². The van der Waals surface area contributed by atoms with Crippen LogP contribution in [0.2, 0.25) is 0 Å². The number of hydrogen-bond acceptors (Lipinski definition) is 2. The first kappa shape index (κ1) is 14.9. The first-order valence-corrected chi connectivity index (χ1v) is 7.94. The predicted molar refractivity (Wildman–Crippen MR) is 83.5 cm³/mol. The van der Waals surface area contributed by atoms with Gasteiger partial charge in [-0.2, -0.15) is 0 Å². The summed E-state index contributed by atoms with van der Waals surface area (Å²) in [5.74, 6) is 1.84. The summed E-state index contributed by atoms with van der Waals surface area (Å²) in [7, 11) is 0. The van der Waals surface area contributed by atoms with Crippen LogP contribution in [0.1, 0.15) is 39.2 Å². The zero-order valence-corrected chi connectivity index (χ0v) is 13.7. The van der Waals surface area contributed by atoms with Crippen molar-refractivity contribution in [1.82, 2.24) is 5.32 Å². The van der Waals surface area contributed by atoms with Gasteiger partial charge in [0, 0.05) is 16.6 Å². The number of rotatable bonds is 7. The minimum atomic E-state index is 0.547. The van der Waals surface area contributed by atoms with Gasteiger partial charge in [0.05, 0.1) is 6.61 Å². The minimum Gasteiger partial charge on any atom is -0.493 e. The van der Waals surface area contributed by atoms with E-state index in [-0.39, 0.29) is 0 Å². The second-order valence-corrected chi connectivity index (χ2v) is 7.04. The highest BCUT2D eigenvalue weighted by Crippen LogP contribution is 2.51. The Kier molecular flexibility index (Phi) is 4.91. The largest absolute Gasteiger partial charge is 0.493 e. The number of halogens is 1. The third-order valence-corrected chi connectivity index (χ3v) is 4.40. The summed E-state index contributed by atoms with van der Waals surface area (Å²) in [5, 5.41) is 3.56. The van der Waals surface area contributed by atoms with Crippen LogP contribution >= 0.6 is 15.9 Å². The Hall–Kier alpha value is -0.540. The molecule has 19 heavy (non-hydrogen) atoms. The van der Waals surface area contributed by atoms with Crippen LogP contribution in [-0.4, -0.2) is 13.2 Å². The molecule has 3 heteroatoms. The average Bonchev–Trinajstić information content (AvgIpc) is 2.96. The maximum Gasteiger partial charge on any atom is 0.123 e. The fourth-order valence-corrected chi connectivity index (χ4v) is 2.75. The summed E-state index contributed by atoms with van der Waals surface area (Å²) in [6.45, 7) is 9.58. The molecular weight excluding hydrogens is 302 g/mol. The summed E-state index contributed by atoms with van der Waals surface area (Å²) < 4.78 is 6.91. The highest BCUT2D eigenvalue weighted by molar-refractivity contribution is 9.10. The molecule has 2 nitrogen and oxygen atoms in total. The quantitative estimate of drug-likeness (QED) is 0.803. The maximum atomic E-state index is 5.79. The van der Waals surface area contributed by atoms with E-state index in [1.165, 1.54) is 12.0 Å². The molecule has 0 saturated heterocycles. The first-order valence-electron chi connectivity index (χ1n) is 7.15. The summed E-state index contributed by atoms with van der Waals surface area (Å²) >= 11 is 3.53. The van der Waals surface area contributed by atoms with Crippen molar-refractivity contribution in [3.8, 4) is 5.75 Å². The van der Waals surface area contributed by atoms with E-state index in [9.17, 15) is 0 Å². The Balaban J connectivity index is 1.88. The molecule has 0 aliphatic heterocycles. The van der Waals surface area contributed by atoms with Crippen LogP contribution in [0.25, 0.3) is 0 Å². The summed E-state index contributed by atoms with van der Waals surface area (Å²) in [6.07, 6.45) is 2.39. The lowest BCUT2D eigenvalue weighted by molar-refractivity contribution is 0.313. The van der Waals surface area contributed by atoms with Crippen molar-refractivity contribution >= 4 is 15.9 Å². The van der Waals surface area contributed by atoms with Crippen molar-refractivity contribution in [2.24, 2.45) is 11.3 Å². The van der Waals surface area contributed by atoms with Gasteiger partial charge in [0.1, 0.15) is 5.75 Å². The SMILES string of the molecule is CCCOc1ccc(Br)cc1CNCC1CC1(C)C. The topological polar surface area (TPSA) is 21.3 Å². The number of ether oxygens (including phenoxy) is 1. The Morgan fingerprint density at radius 2 is 2.16 bits per heavy atom. The predicted octanol–water partition coefficient (Wildman–Crippen LogP) is 4.37. The van der Waals surface area contributed by atoms with Crippen LogP contribution in [0.4, 0.5) is 0 Å². The molecule has 0 aromatic heterocycles. The lowest BCUT2D eigenvalue weighted by Gasteiger charge is -2.12. The van der Waals surface area contributed by atoms with Crippen LogP contribution in [0.3, 0.4) is 0 Å². The van der Waals surface area contributed by atoms with Crippen molar-refractivity contribution in [3.63, 3.8) is 0 Å². The first-order chi connectivity index (χ1) is 9.03. The van der Waals surface area contributed by atoms with E-state index in [0.29, 0.717) is 5.41 Å². The Labute approximate surface area is 125 Å². The average molecular weight is 326 g/mol. The van der Waals surface area contributed by atoms with Crippen molar-refractivity contribution in [3.05, 3.63) is 28.2 Å². The van der Waals surface area contributed by atoms with Crippen LogP contribution < -0.4 is 10.1 Å². The molecule has 1 aliphatic rings. The number of benzene rings is 1. The van der Waals surface area contributed by atoms with Gasteiger partial charge in [-0.15, -0.1) is 0 Å². The summed E-state index contributed by atoms with van der Waals surface area (Å²) in [4.78, 5) is 0. The van der Waals surface area contributed by atoms with E-state index >= 15 is 0 Å². The van der Waals surface area contributed by atoms with Gasteiger partial charge < -0.3 is 10.1 Å². The zero-order valence-electron chi connectivity index (χ0n) is 12.1. The van der Waals surface area contributed by atoms with E-state index in [2.05, 4.69) is 54.2 Å². The van der Waals surface area contributed by atoms with Gasteiger partial charge >= 0.3 is 0 Å². The Morgan fingerprint density at radius 3 is 2.79 bits per heavy atom. The van der Waals surface area contributed by atoms with Gasteiger partial charge in [-0.1, -0.05) is 36.7 Å². The van der Waals surface area contributed by atoms with Crippen molar-refractivity contribution < 1.29 is 4.74 Å². The second-order valence-electron chi connectivity index (χ2n) is 6.12. The molecule has 1 aliphatic carbocycles. The molecule has 1 fully saturated rings. The minimum absolute atomic E-state index is 0.547. The second kappa shape index (κ2) is 6.27. The zero-order chi connectivity index (χ0) is 13.9. The molecule has 0 amide bonds. The van der Waals surface area contributed by atoms with Crippen LogP contribution in [-0.2, 0) is 6.54 Å². The van der Waals surface area contributed by atoms with Crippen LogP contribution in [0.5, 0.6) is 5.75 Å². The van der Waals surface area contributed by atoms with Gasteiger partial charge in [0.15, 0.2) is 0 Å². The highest BCUT2D eigenvalue weighted by atomic mass is 79.9. The molecule has 0 bridgehead atoms. The van der Waals surface area contributed by atoms with Crippen molar-refractivity contribution in [1.29, 1.82) is 0 Å². The van der Waals surface area contributed by atoms with Crippen LogP contribution in [0, 0.1) is 11.3 Å². The Morgan fingerprint density at radius 1 is 1.42 bits per heavy atom. The number of nitrogens with one attached hydrogen (secondary N) is 1. The van der Waals surface area contributed by atoms with E-state index < -0.39 is 0 Å². The fourth-order valence-electron chi connectivity index (χ4n) is 2.34. The van der Waals surface area contributed by atoms with E-state index in [0.717, 1.165) is 42.3 Å². The van der Waals surface area contributed by atoms with E-state index in [4.69, 9.17) is 4.74 Å². The standard InChI is InChI=1S/C16H24BrNO/c1-4-7-19-15-6-5-14(17)8-12(15)10-18-11-13-9-16(13,2)3/h5-6,8,13,18H,4,7,9-11H2,1-3H3. The normalized spacial score (nSPS) is 20.3. The third kappa shape index (κ3) is 4.22. The molecule has 1 aromatic carbocycles. The summed E-state index contributed by atoms with van der Waals surface area (Å²) in [5.41, 5.74) is 1.78. The van der Waals surface area contributed by atoms with Gasteiger partial charge in [-0.05, 0) is 48.9 Å². The van der Waals surface area contributed by atoms with Crippen molar-refractivity contribution in [2.75, 3.05) is 13.2 Å². The van der Waals surface area contributed by atoms with Gasteiger partial charge in [-0.3, -0.25) is 0 Å². The van der Waals surface area contributed by atoms with Gasteiger partial charge in [0.25, 0.3) is 0 Å². The van der Waals surface area contributed by atoms with Crippen molar-refractivity contribution in [2.45, 2.75) is 40.2 Å². The van der Waals surface area contributed by atoms with Gasteiger partial charge in [0.2, 0.25) is 0 Å². The lowest BCUT2D eigenvalue weighted by Crippen LogP contribution is -2.18.